The molecule has 9 heteroatoms. The van der Waals surface area contributed by atoms with Crippen LogP contribution >= 0.6 is 11.6 Å². The van der Waals surface area contributed by atoms with Crippen LogP contribution in [0.5, 0.6) is 0 Å². The summed E-state index contributed by atoms with van der Waals surface area (Å²) in [5.74, 6) is -1.35. The Labute approximate surface area is 187 Å². The van der Waals surface area contributed by atoms with Gasteiger partial charge in [-0.15, -0.1) is 0 Å². The molecule has 0 aromatic heterocycles. The second-order valence-corrected chi connectivity index (χ2v) is 9.44. The fourth-order valence-corrected chi connectivity index (χ4v) is 4.06. The molecule has 1 unspecified atom stereocenters. The summed E-state index contributed by atoms with van der Waals surface area (Å²) in [5.41, 5.74) is -0.646. The summed E-state index contributed by atoms with van der Waals surface area (Å²) in [6, 6.07) is 3.90. The van der Waals surface area contributed by atoms with Crippen molar-refractivity contribution >= 4 is 29.5 Å². The number of ether oxygens (including phenoxy) is 1. The van der Waals surface area contributed by atoms with Gasteiger partial charge < -0.3 is 19.4 Å². The van der Waals surface area contributed by atoms with Crippen LogP contribution in [0, 0.1) is 11.7 Å². The third-order valence-corrected chi connectivity index (χ3v) is 5.69. The molecule has 0 spiro atoms. The van der Waals surface area contributed by atoms with Gasteiger partial charge in [0.15, 0.2) is 0 Å². The second kappa shape index (κ2) is 9.42. The number of nitrogens with zero attached hydrogens (tertiary/aromatic N) is 3. The summed E-state index contributed by atoms with van der Waals surface area (Å²) in [5, 5.41) is 0.297. The molecular weight excluding hydrogens is 425 g/mol. The molecule has 2 fully saturated rings. The van der Waals surface area contributed by atoms with Gasteiger partial charge in [-0.1, -0.05) is 11.6 Å². The maximum absolute atomic E-state index is 14.0. The van der Waals surface area contributed by atoms with Crippen molar-refractivity contribution in [2.75, 3.05) is 39.3 Å². The highest BCUT2D eigenvalue weighted by Gasteiger charge is 2.35. The number of hydrogen-bond donors (Lipinski definition) is 0. The van der Waals surface area contributed by atoms with E-state index in [0.717, 1.165) is 6.42 Å². The zero-order valence-corrected chi connectivity index (χ0v) is 19.0. The Kier molecular flexibility index (Phi) is 7.09. The Hall–Kier alpha value is -2.35. The van der Waals surface area contributed by atoms with Gasteiger partial charge in [0, 0.05) is 44.3 Å². The Bertz CT molecular complexity index is 850. The number of piperidine rings is 1. The van der Waals surface area contributed by atoms with E-state index in [4.69, 9.17) is 16.3 Å². The number of hydrogen-bond acceptors (Lipinski definition) is 4. The van der Waals surface area contributed by atoms with E-state index >= 15 is 0 Å². The number of halogens is 2. The lowest BCUT2D eigenvalue weighted by atomic mass is 9.96. The van der Waals surface area contributed by atoms with E-state index in [2.05, 4.69) is 0 Å². The largest absolute Gasteiger partial charge is 0.444 e. The topological polar surface area (TPSA) is 70.2 Å². The van der Waals surface area contributed by atoms with E-state index in [1.807, 2.05) is 20.8 Å². The van der Waals surface area contributed by atoms with E-state index in [1.54, 1.807) is 9.80 Å². The fraction of sp³-hybridized carbons (Fsp3) is 0.591. The van der Waals surface area contributed by atoms with Gasteiger partial charge in [-0.2, -0.15) is 0 Å². The standard InChI is InChI=1S/C22H29ClFN3O4/c1-22(2,3)31-21(30)27-8-4-5-15(14-27)19(28)25-9-11-26(12-10-25)20(29)17-13-16(23)6-7-18(17)24/h6-7,13,15H,4-5,8-12,14H2,1-3H3. The van der Waals surface area contributed by atoms with Crippen LogP contribution in [0.25, 0.3) is 0 Å². The number of likely N-dealkylation sites (tertiary alicyclic amines) is 1. The van der Waals surface area contributed by atoms with Crippen molar-refractivity contribution in [3.63, 3.8) is 0 Å². The van der Waals surface area contributed by atoms with Gasteiger partial charge in [-0.25, -0.2) is 9.18 Å². The number of amides is 3. The third-order valence-electron chi connectivity index (χ3n) is 5.46. The normalized spacial score (nSPS) is 19.9. The number of rotatable bonds is 2. The van der Waals surface area contributed by atoms with Gasteiger partial charge in [0.1, 0.15) is 11.4 Å². The number of carbonyl (C=O) groups excluding carboxylic acids is 3. The molecular formula is C22H29ClFN3O4. The molecule has 0 bridgehead atoms. The van der Waals surface area contributed by atoms with E-state index in [-0.39, 0.29) is 17.4 Å². The molecule has 1 aromatic rings. The summed E-state index contributed by atoms with van der Waals surface area (Å²) in [7, 11) is 0. The second-order valence-electron chi connectivity index (χ2n) is 9.01. The Balaban J connectivity index is 1.55. The van der Waals surface area contributed by atoms with Gasteiger partial charge in [-0.05, 0) is 51.8 Å². The van der Waals surface area contributed by atoms with Crippen molar-refractivity contribution in [3.8, 4) is 0 Å². The molecule has 3 rings (SSSR count). The average molecular weight is 454 g/mol. The molecule has 0 aliphatic carbocycles. The molecule has 3 amide bonds. The highest BCUT2D eigenvalue weighted by molar-refractivity contribution is 6.31. The molecule has 0 saturated carbocycles. The summed E-state index contributed by atoms with van der Waals surface area (Å²) in [6.07, 6.45) is 1.05. The molecule has 2 heterocycles. The maximum Gasteiger partial charge on any atom is 0.410 e. The van der Waals surface area contributed by atoms with Crippen molar-refractivity contribution in [1.82, 2.24) is 14.7 Å². The van der Waals surface area contributed by atoms with Crippen LogP contribution in [0.3, 0.4) is 0 Å². The Morgan fingerprint density at radius 2 is 1.68 bits per heavy atom. The number of carbonyl (C=O) groups is 3. The SMILES string of the molecule is CC(C)(C)OC(=O)N1CCCC(C(=O)N2CCN(C(=O)c3cc(Cl)ccc3F)CC2)C1. The highest BCUT2D eigenvalue weighted by Crippen LogP contribution is 2.23. The number of piperazine rings is 1. The van der Waals surface area contributed by atoms with Crippen molar-refractivity contribution in [3.05, 3.63) is 34.6 Å². The maximum atomic E-state index is 14.0. The van der Waals surface area contributed by atoms with Gasteiger partial charge in [0.25, 0.3) is 5.91 Å². The van der Waals surface area contributed by atoms with Gasteiger partial charge >= 0.3 is 6.09 Å². The summed E-state index contributed by atoms with van der Waals surface area (Å²) in [4.78, 5) is 42.9. The minimum absolute atomic E-state index is 0.0192. The van der Waals surface area contributed by atoms with Crippen LogP contribution in [0.15, 0.2) is 18.2 Å². The summed E-state index contributed by atoms with van der Waals surface area (Å²) < 4.78 is 19.4. The summed E-state index contributed by atoms with van der Waals surface area (Å²) >= 11 is 5.89. The minimum atomic E-state index is -0.614. The monoisotopic (exact) mass is 453 g/mol. The lowest BCUT2D eigenvalue weighted by molar-refractivity contribution is -0.138. The van der Waals surface area contributed by atoms with Crippen molar-refractivity contribution in [2.45, 2.75) is 39.2 Å². The molecule has 1 atom stereocenters. The zero-order valence-electron chi connectivity index (χ0n) is 18.2. The van der Waals surface area contributed by atoms with E-state index < -0.39 is 23.4 Å². The predicted molar refractivity (Wildman–Crippen MR) is 114 cm³/mol. The molecule has 170 valence electrons. The molecule has 2 aliphatic heterocycles. The lowest BCUT2D eigenvalue weighted by Gasteiger charge is -2.39. The molecule has 2 aliphatic rings. The van der Waals surface area contributed by atoms with Gasteiger partial charge in [0.05, 0.1) is 11.5 Å². The van der Waals surface area contributed by atoms with Crippen LogP contribution in [-0.4, -0.2) is 77.5 Å². The molecule has 0 N–H and O–H groups in total. The average Bonchev–Trinajstić information content (AvgIpc) is 2.73. The zero-order chi connectivity index (χ0) is 22.8. The van der Waals surface area contributed by atoms with Crippen LogP contribution in [0.2, 0.25) is 5.02 Å². The van der Waals surface area contributed by atoms with Gasteiger partial charge in [0.2, 0.25) is 5.91 Å². The first-order valence-electron chi connectivity index (χ1n) is 10.6. The third kappa shape index (κ3) is 5.87. The van der Waals surface area contributed by atoms with Crippen LogP contribution in [0.4, 0.5) is 9.18 Å². The van der Waals surface area contributed by atoms with Crippen molar-refractivity contribution < 1.29 is 23.5 Å². The molecule has 1 aromatic carbocycles. The Morgan fingerprint density at radius 3 is 2.32 bits per heavy atom. The highest BCUT2D eigenvalue weighted by atomic mass is 35.5. The van der Waals surface area contributed by atoms with E-state index in [1.165, 1.54) is 23.1 Å². The first-order valence-corrected chi connectivity index (χ1v) is 10.9. The lowest BCUT2D eigenvalue weighted by Crippen LogP contribution is -2.54. The van der Waals surface area contributed by atoms with Crippen LogP contribution < -0.4 is 0 Å². The van der Waals surface area contributed by atoms with Crippen molar-refractivity contribution in [1.29, 1.82) is 0 Å². The van der Waals surface area contributed by atoms with Crippen LogP contribution in [-0.2, 0) is 9.53 Å². The van der Waals surface area contributed by atoms with Crippen molar-refractivity contribution in [2.24, 2.45) is 5.92 Å². The Morgan fingerprint density at radius 1 is 1.03 bits per heavy atom. The molecule has 0 radical (unpaired) electrons. The molecule has 31 heavy (non-hydrogen) atoms. The fourth-order valence-electron chi connectivity index (χ4n) is 3.89. The molecule has 7 nitrogen and oxygen atoms in total. The summed E-state index contributed by atoms with van der Waals surface area (Å²) in [6.45, 7) is 7.73. The first kappa shape index (κ1) is 23.3. The van der Waals surface area contributed by atoms with Gasteiger partial charge in [-0.3, -0.25) is 9.59 Å². The van der Waals surface area contributed by atoms with E-state index in [0.29, 0.717) is 50.7 Å². The smallest absolute Gasteiger partial charge is 0.410 e. The van der Waals surface area contributed by atoms with E-state index in [9.17, 15) is 18.8 Å². The minimum Gasteiger partial charge on any atom is -0.444 e. The van der Waals surface area contributed by atoms with Crippen LogP contribution in [0.1, 0.15) is 44.0 Å². The molecule has 2 saturated heterocycles. The predicted octanol–water partition coefficient (Wildman–Crippen LogP) is 3.41. The quantitative estimate of drug-likeness (QED) is 0.688. The number of benzene rings is 1. The first-order chi connectivity index (χ1) is 14.5.